The topological polar surface area (TPSA) is 34.2 Å². The molecule has 1 N–H and O–H groups in total. The third kappa shape index (κ3) is 5.87. The molecule has 0 unspecified atom stereocenters. The van der Waals surface area contributed by atoms with Crippen LogP contribution in [-0.2, 0) is 11.3 Å². The number of nitrogens with zero attached hydrogens (tertiary/aromatic N) is 1. The first kappa shape index (κ1) is 12.6. The number of aryl methyl sites for hydroxylation is 1. The molecular weight excluding hydrogens is 208 g/mol. The van der Waals surface area contributed by atoms with E-state index in [0.29, 0.717) is 0 Å². The zero-order valence-corrected chi connectivity index (χ0v) is 10.8. The van der Waals surface area contributed by atoms with E-state index in [1.54, 1.807) is 11.3 Å². The summed E-state index contributed by atoms with van der Waals surface area (Å²) < 4.78 is 5.59. The highest BCUT2D eigenvalue weighted by Crippen LogP contribution is 2.07. The summed E-state index contributed by atoms with van der Waals surface area (Å²) in [4.78, 5) is 4.37. The summed E-state index contributed by atoms with van der Waals surface area (Å²) in [5, 5.41) is 6.52. The van der Waals surface area contributed by atoms with Crippen molar-refractivity contribution in [3.63, 3.8) is 0 Å². The van der Waals surface area contributed by atoms with Crippen LogP contribution in [-0.4, -0.2) is 23.7 Å². The van der Waals surface area contributed by atoms with Crippen LogP contribution in [0.2, 0.25) is 0 Å². The van der Waals surface area contributed by atoms with Crippen LogP contribution in [0, 0.1) is 6.92 Å². The molecule has 3 nitrogen and oxygen atoms in total. The van der Waals surface area contributed by atoms with Crippen molar-refractivity contribution in [2.45, 2.75) is 39.8 Å². The van der Waals surface area contributed by atoms with E-state index in [1.807, 2.05) is 6.92 Å². The quantitative estimate of drug-likeness (QED) is 0.786. The zero-order valence-electron chi connectivity index (χ0n) is 9.96. The SMILES string of the molecule is Cc1nc(CNCCOC(C)(C)C)cs1. The third-order valence-electron chi connectivity index (χ3n) is 1.79. The van der Waals surface area contributed by atoms with Crippen LogP contribution in [0.25, 0.3) is 0 Å². The molecule has 4 heteroatoms. The molecule has 86 valence electrons. The summed E-state index contributed by atoms with van der Waals surface area (Å²) in [5.74, 6) is 0. The van der Waals surface area contributed by atoms with E-state index in [9.17, 15) is 0 Å². The molecule has 15 heavy (non-hydrogen) atoms. The summed E-state index contributed by atoms with van der Waals surface area (Å²) in [6.45, 7) is 10.7. The van der Waals surface area contributed by atoms with Crippen molar-refractivity contribution in [2.75, 3.05) is 13.2 Å². The Bertz CT molecular complexity index is 291. The van der Waals surface area contributed by atoms with Gasteiger partial charge in [0.05, 0.1) is 22.9 Å². The van der Waals surface area contributed by atoms with Crippen LogP contribution in [0.3, 0.4) is 0 Å². The fourth-order valence-electron chi connectivity index (χ4n) is 1.14. The van der Waals surface area contributed by atoms with E-state index in [2.05, 4.69) is 36.5 Å². The maximum absolute atomic E-state index is 5.59. The lowest BCUT2D eigenvalue weighted by atomic mass is 10.2. The van der Waals surface area contributed by atoms with E-state index in [4.69, 9.17) is 4.74 Å². The van der Waals surface area contributed by atoms with Crippen LogP contribution in [0.1, 0.15) is 31.5 Å². The first-order valence-electron chi connectivity index (χ1n) is 5.23. The maximum atomic E-state index is 5.59. The number of hydrogen-bond acceptors (Lipinski definition) is 4. The van der Waals surface area contributed by atoms with Gasteiger partial charge in [0, 0.05) is 18.5 Å². The number of thiazole rings is 1. The highest BCUT2D eigenvalue weighted by molar-refractivity contribution is 7.09. The fourth-order valence-corrected chi connectivity index (χ4v) is 1.75. The molecule has 1 aromatic rings. The highest BCUT2D eigenvalue weighted by Gasteiger charge is 2.08. The van der Waals surface area contributed by atoms with Crippen molar-refractivity contribution in [3.05, 3.63) is 16.1 Å². The lowest BCUT2D eigenvalue weighted by molar-refractivity contribution is -0.000901. The molecule has 0 fully saturated rings. The van der Waals surface area contributed by atoms with Gasteiger partial charge in [0.15, 0.2) is 0 Å². The summed E-state index contributed by atoms with van der Waals surface area (Å²) >= 11 is 1.69. The van der Waals surface area contributed by atoms with Crippen molar-refractivity contribution in [3.8, 4) is 0 Å². The summed E-state index contributed by atoms with van der Waals surface area (Å²) in [5.41, 5.74) is 1.08. The molecule has 0 spiro atoms. The minimum absolute atomic E-state index is 0.0428. The van der Waals surface area contributed by atoms with Crippen LogP contribution in [0.15, 0.2) is 5.38 Å². The minimum atomic E-state index is -0.0428. The predicted octanol–water partition coefficient (Wildman–Crippen LogP) is 2.36. The number of aromatic nitrogens is 1. The summed E-state index contributed by atoms with van der Waals surface area (Å²) in [7, 11) is 0. The monoisotopic (exact) mass is 228 g/mol. The Morgan fingerprint density at radius 2 is 2.20 bits per heavy atom. The Kier molecular flexibility index (Phi) is 4.70. The van der Waals surface area contributed by atoms with E-state index in [0.717, 1.165) is 30.4 Å². The average Bonchev–Trinajstić information content (AvgIpc) is 2.49. The Balaban J connectivity index is 2.07. The van der Waals surface area contributed by atoms with Gasteiger partial charge in [-0.3, -0.25) is 0 Å². The van der Waals surface area contributed by atoms with Crippen LogP contribution >= 0.6 is 11.3 Å². The van der Waals surface area contributed by atoms with Crippen LogP contribution < -0.4 is 5.32 Å². The highest BCUT2D eigenvalue weighted by atomic mass is 32.1. The number of ether oxygens (including phenoxy) is 1. The van der Waals surface area contributed by atoms with E-state index in [-0.39, 0.29) is 5.60 Å². The molecular formula is C11H20N2OS. The molecule has 1 heterocycles. The Hall–Kier alpha value is -0.450. The molecule has 0 saturated carbocycles. The Morgan fingerprint density at radius 3 is 2.73 bits per heavy atom. The standard InChI is InChI=1S/C11H20N2OS/c1-9-13-10(8-15-9)7-12-5-6-14-11(2,3)4/h8,12H,5-7H2,1-4H3. The average molecular weight is 228 g/mol. The lowest BCUT2D eigenvalue weighted by Crippen LogP contribution is -2.26. The van der Waals surface area contributed by atoms with Gasteiger partial charge in [-0.1, -0.05) is 0 Å². The van der Waals surface area contributed by atoms with Gasteiger partial charge in [-0.05, 0) is 27.7 Å². The van der Waals surface area contributed by atoms with Crippen molar-refractivity contribution in [1.82, 2.24) is 10.3 Å². The van der Waals surface area contributed by atoms with Gasteiger partial charge < -0.3 is 10.1 Å². The van der Waals surface area contributed by atoms with Gasteiger partial charge in [-0.2, -0.15) is 0 Å². The molecule has 0 saturated heterocycles. The van der Waals surface area contributed by atoms with Crippen molar-refractivity contribution in [2.24, 2.45) is 0 Å². The van der Waals surface area contributed by atoms with Crippen LogP contribution in [0.5, 0.6) is 0 Å². The number of nitrogens with one attached hydrogen (secondary N) is 1. The second-order valence-electron chi connectivity index (χ2n) is 4.50. The molecule has 0 atom stereocenters. The molecule has 1 rings (SSSR count). The van der Waals surface area contributed by atoms with Gasteiger partial charge in [-0.25, -0.2) is 4.98 Å². The van der Waals surface area contributed by atoms with E-state index >= 15 is 0 Å². The molecule has 0 aliphatic carbocycles. The lowest BCUT2D eigenvalue weighted by Gasteiger charge is -2.19. The number of rotatable bonds is 5. The first-order chi connectivity index (χ1) is 6.97. The molecule has 0 aromatic carbocycles. The van der Waals surface area contributed by atoms with Crippen molar-refractivity contribution >= 4 is 11.3 Å². The van der Waals surface area contributed by atoms with Gasteiger partial charge in [0.1, 0.15) is 0 Å². The molecule has 0 aliphatic heterocycles. The zero-order chi connectivity index (χ0) is 11.3. The van der Waals surface area contributed by atoms with Gasteiger partial charge in [0.25, 0.3) is 0 Å². The van der Waals surface area contributed by atoms with Gasteiger partial charge >= 0.3 is 0 Å². The van der Waals surface area contributed by atoms with E-state index in [1.165, 1.54) is 0 Å². The van der Waals surface area contributed by atoms with E-state index < -0.39 is 0 Å². The van der Waals surface area contributed by atoms with Crippen LogP contribution in [0.4, 0.5) is 0 Å². The second kappa shape index (κ2) is 5.58. The second-order valence-corrected chi connectivity index (χ2v) is 5.56. The summed E-state index contributed by atoms with van der Waals surface area (Å²) in [6.07, 6.45) is 0. The smallest absolute Gasteiger partial charge is 0.0897 e. The molecule has 0 radical (unpaired) electrons. The van der Waals surface area contributed by atoms with Crippen molar-refractivity contribution in [1.29, 1.82) is 0 Å². The molecule has 0 aliphatic rings. The fraction of sp³-hybridized carbons (Fsp3) is 0.727. The van der Waals surface area contributed by atoms with Gasteiger partial charge in [0.2, 0.25) is 0 Å². The molecule has 1 aromatic heterocycles. The molecule has 0 amide bonds. The third-order valence-corrected chi connectivity index (χ3v) is 2.61. The maximum Gasteiger partial charge on any atom is 0.0897 e. The first-order valence-corrected chi connectivity index (χ1v) is 6.11. The predicted molar refractivity (Wildman–Crippen MR) is 64.3 cm³/mol. The van der Waals surface area contributed by atoms with Crippen molar-refractivity contribution < 1.29 is 4.74 Å². The van der Waals surface area contributed by atoms with Gasteiger partial charge in [-0.15, -0.1) is 11.3 Å². The molecule has 0 bridgehead atoms. The summed E-state index contributed by atoms with van der Waals surface area (Å²) in [6, 6.07) is 0. The Morgan fingerprint density at radius 1 is 1.47 bits per heavy atom. The number of hydrogen-bond donors (Lipinski definition) is 1. The largest absolute Gasteiger partial charge is 0.375 e. The minimum Gasteiger partial charge on any atom is -0.375 e. The Labute approximate surface area is 95.9 Å². The normalized spacial score (nSPS) is 12.0.